The third kappa shape index (κ3) is 5.03. The summed E-state index contributed by atoms with van der Waals surface area (Å²) >= 11 is 0. The molecule has 0 atom stereocenters. The third-order valence-corrected chi connectivity index (χ3v) is 2.49. The van der Waals surface area contributed by atoms with Crippen molar-refractivity contribution < 1.29 is 4.74 Å². The number of hydrogen-bond acceptors (Lipinski definition) is 3. The average Bonchev–Trinajstić information content (AvgIpc) is 2.66. The van der Waals surface area contributed by atoms with E-state index in [1.54, 1.807) is 7.11 Å². The first-order chi connectivity index (χ1) is 8.27. The first kappa shape index (κ1) is 13.8. The molecule has 0 radical (unpaired) electrons. The molecule has 94 valence electrons. The number of aromatic nitrogens is 2. The Morgan fingerprint density at radius 3 is 3.06 bits per heavy atom. The van der Waals surface area contributed by atoms with E-state index >= 15 is 0 Å². The van der Waals surface area contributed by atoms with Gasteiger partial charge in [-0.25, -0.2) is 0 Å². The average molecular weight is 235 g/mol. The van der Waals surface area contributed by atoms with Crippen molar-refractivity contribution in [2.45, 2.75) is 33.4 Å². The van der Waals surface area contributed by atoms with Crippen LogP contribution >= 0.6 is 0 Å². The van der Waals surface area contributed by atoms with Crippen LogP contribution in [0.2, 0.25) is 0 Å². The molecular weight excluding hydrogens is 214 g/mol. The van der Waals surface area contributed by atoms with Crippen LogP contribution in [0.5, 0.6) is 0 Å². The first-order valence-corrected chi connectivity index (χ1v) is 5.90. The first-order valence-electron chi connectivity index (χ1n) is 5.90. The molecule has 0 aliphatic heterocycles. The Morgan fingerprint density at radius 1 is 1.53 bits per heavy atom. The Labute approximate surface area is 103 Å². The lowest BCUT2D eigenvalue weighted by molar-refractivity contribution is 0.199. The molecule has 1 rings (SSSR count). The Hall–Kier alpha value is -1.31. The Balaban J connectivity index is 2.40. The van der Waals surface area contributed by atoms with E-state index in [-0.39, 0.29) is 0 Å². The van der Waals surface area contributed by atoms with E-state index in [0.29, 0.717) is 0 Å². The molecule has 1 N–H and O–H groups in total. The van der Waals surface area contributed by atoms with Gasteiger partial charge in [0.25, 0.3) is 0 Å². The number of ether oxygens (including phenoxy) is 1. The van der Waals surface area contributed by atoms with E-state index in [0.717, 1.165) is 38.4 Å². The van der Waals surface area contributed by atoms with Gasteiger partial charge in [0, 0.05) is 38.4 Å². The summed E-state index contributed by atoms with van der Waals surface area (Å²) in [4.78, 5) is 0. The predicted molar refractivity (Wildman–Crippen MR) is 68.6 cm³/mol. The van der Waals surface area contributed by atoms with E-state index in [9.17, 15) is 0 Å². The molecule has 0 unspecified atom stereocenters. The number of hydrogen-bond donors (Lipinski definition) is 1. The van der Waals surface area contributed by atoms with Gasteiger partial charge in [-0.2, -0.15) is 5.10 Å². The third-order valence-electron chi connectivity index (χ3n) is 2.49. The lowest BCUT2D eigenvalue weighted by atomic mass is 10.2. The summed E-state index contributed by atoms with van der Waals surface area (Å²) in [6, 6.07) is 0. The minimum Gasteiger partial charge on any atom is -0.383 e. The standard InChI is InChI=1S/C13H21N3O/c1-4-5-6-8-16-11-13(12(2)15-16)10-14-7-9-17-3/h11,14H,6-10H2,1-3H3. The maximum Gasteiger partial charge on any atom is 0.0638 e. The number of rotatable bonds is 7. The molecule has 0 saturated carbocycles. The van der Waals surface area contributed by atoms with Crippen molar-refractivity contribution in [3.05, 3.63) is 17.5 Å². The molecule has 0 bridgehead atoms. The van der Waals surface area contributed by atoms with Crippen LogP contribution in [0.1, 0.15) is 24.6 Å². The number of nitrogens with one attached hydrogen (secondary N) is 1. The van der Waals surface area contributed by atoms with Crippen LogP contribution in [0.3, 0.4) is 0 Å². The molecule has 0 amide bonds. The maximum atomic E-state index is 4.98. The molecule has 0 spiro atoms. The highest BCUT2D eigenvalue weighted by Crippen LogP contribution is 2.05. The summed E-state index contributed by atoms with van der Waals surface area (Å²) in [6.45, 7) is 7.20. The summed E-state index contributed by atoms with van der Waals surface area (Å²) in [5, 5.41) is 7.78. The molecule has 1 aromatic heterocycles. The summed E-state index contributed by atoms with van der Waals surface area (Å²) < 4.78 is 6.95. The summed E-state index contributed by atoms with van der Waals surface area (Å²) in [6.07, 6.45) is 2.95. The van der Waals surface area contributed by atoms with Crippen LogP contribution in [0, 0.1) is 18.8 Å². The van der Waals surface area contributed by atoms with E-state index in [1.165, 1.54) is 5.56 Å². The van der Waals surface area contributed by atoms with Gasteiger partial charge in [-0.15, -0.1) is 11.8 Å². The fourth-order valence-corrected chi connectivity index (χ4v) is 1.54. The summed E-state index contributed by atoms with van der Waals surface area (Å²) in [5.74, 6) is 5.93. The van der Waals surface area contributed by atoms with Gasteiger partial charge in [-0.1, -0.05) is 0 Å². The smallest absolute Gasteiger partial charge is 0.0638 e. The largest absolute Gasteiger partial charge is 0.383 e. The van der Waals surface area contributed by atoms with Crippen LogP contribution in [-0.2, 0) is 17.8 Å². The molecule has 0 aliphatic rings. The van der Waals surface area contributed by atoms with Crippen molar-refractivity contribution in [1.82, 2.24) is 15.1 Å². The number of methoxy groups -OCH3 is 1. The molecule has 0 fully saturated rings. The normalized spacial score (nSPS) is 10.1. The molecular formula is C13H21N3O. The van der Waals surface area contributed by atoms with Crippen molar-refractivity contribution in [3.8, 4) is 11.8 Å². The van der Waals surface area contributed by atoms with Gasteiger partial charge >= 0.3 is 0 Å². The van der Waals surface area contributed by atoms with Crippen molar-refractivity contribution >= 4 is 0 Å². The Kier molecular flexibility index (Phi) is 6.38. The molecule has 0 saturated heterocycles. The molecule has 1 aromatic rings. The van der Waals surface area contributed by atoms with Crippen LogP contribution < -0.4 is 5.32 Å². The fourth-order valence-electron chi connectivity index (χ4n) is 1.54. The Morgan fingerprint density at radius 2 is 2.35 bits per heavy atom. The van der Waals surface area contributed by atoms with Gasteiger partial charge in [-0.05, 0) is 13.8 Å². The van der Waals surface area contributed by atoms with Crippen molar-refractivity contribution in [2.75, 3.05) is 20.3 Å². The SMILES string of the molecule is CC#CCCn1cc(CNCCOC)c(C)n1. The highest BCUT2D eigenvalue weighted by atomic mass is 16.5. The van der Waals surface area contributed by atoms with Crippen LogP contribution in [0.25, 0.3) is 0 Å². The minimum absolute atomic E-state index is 0.735. The zero-order valence-electron chi connectivity index (χ0n) is 10.9. The summed E-state index contributed by atoms with van der Waals surface area (Å²) in [7, 11) is 1.71. The van der Waals surface area contributed by atoms with Gasteiger partial charge < -0.3 is 10.1 Å². The van der Waals surface area contributed by atoms with Crippen LogP contribution in [-0.4, -0.2) is 30.0 Å². The van der Waals surface area contributed by atoms with Crippen LogP contribution in [0.4, 0.5) is 0 Å². The van der Waals surface area contributed by atoms with Gasteiger partial charge in [-0.3, -0.25) is 4.68 Å². The topological polar surface area (TPSA) is 39.1 Å². The zero-order chi connectivity index (χ0) is 12.5. The second-order valence-corrected chi connectivity index (χ2v) is 3.85. The lowest BCUT2D eigenvalue weighted by Gasteiger charge is -2.01. The molecule has 0 aliphatic carbocycles. The highest BCUT2D eigenvalue weighted by Gasteiger charge is 2.03. The van der Waals surface area contributed by atoms with Gasteiger partial charge in [0.15, 0.2) is 0 Å². The highest BCUT2D eigenvalue weighted by molar-refractivity contribution is 5.15. The van der Waals surface area contributed by atoms with Crippen molar-refractivity contribution in [2.24, 2.45) is 0 Å². The predicted octanol–water partition coefficient (Wildman–Crippen LogP) is 1.34. The van der Waals surface area contributed by atoms with Crippen molar-refractivity contribution in [1.29, 1.82) is 0 Å². The van der Waals surface area contributed by atoms with E-state index in [4.69, 9.17) is 4.74 Å². The number of nitrogens with zero attached hydrogens (tertiary/aromatic N) is 2. The lowest BCUT2D eigenvalue weighted by Crippen LogP contribution is -2.18. The quantitative estimate of drug-likeness (QED) is 0.572. The zero-order valence-corrected chi connectivity index (χ0v) is 10.9. The summed E-state index contributed by atoms with van der Waals surface area (Å²) in [5.41, 5.74) is 2.32. The van der Waals surface area contributed by atoms with Crippen LogP contribution in [0.15, 0.2) is 6.20 Å². The molecule has 17 heavy (non-hydrogen) atoms. The molecule has 4 nitrogen and oxygen atoms in total. The van der Waals surface area contributed by atoms with Crippen molar-refractivity contribution in [3.63, 3.8) is 0 Å². The van der Waals surface area contributed by atoms with E-state index < -0.39 is 0 Å². The number of aryl methyl sites for hydroxylation is 2. The van der Waals surface area contributed by atoms with E-state index in [2.05, 4.69) is 28.5 Å². The van der Waals surface area contributed by atoms with Gasteiger partial charge in [0.1, 0.15) is 0 Å². The van der Waals surface area contributed by atoms with E-state index in [1.807, 2.05) is 18.5 Å². The second-order valence-electron chi connectivity index (χ2n) is 3.85. The minimum atomic E-state index is 0.735. The monoisotopic (exact) mass is 235 g/mol. The fraction of sp³-hybridized carbons (Fsp3) is 0.615. The second kappa shape index (κ2) is 7.88. The Bertz CT molecular complexity index is 387. The van der Waals surface area contributed by atoms with Gasteiger partial charge in [0.2, 0.25) is 0 Å². The molecule has 1 heterocycles. The molecule has 0 aromatic carbocycles. The molecule has 4 heteroatoms. The van der Waals surface area contributed by atoms with Gasteiger partial charge in [0.05, 0.1) is 18.8 Å². The maximum absolute atomic E-state index is 4.98.